The molecule has 0 amide bonds. The molecule has 1 aliphatic rings. The number of alkyl halides is 1. The van der Waals surface area contributed by atoms with Gasteiger partial charge in [0, 0.05) is 6.20 Å². The zero-order chi connectivity index (χ0) is 24.9. The topological polar surface area (TPSA) is 253 Å². The molecule has 0 radical (unpaired) electrons. The Balaban J connectivity index is 2.25. The summed E-state index contributed by atoms with van der Waals surface area (Å²) >= 11 is 4.82. The molecule has 0 bridgehead atoms. The second-order valence-corrected chi connectivity index (χ2v) is 11.2. The lowest BCUT2D eigenvalue weighted by molar-refractivity contribution is -0.204. The van der Waals surface area contributed by atoms with Crippen molar-refractivity contribution in [3.8, 4) is 0 Å². The minimum atomic E-state index is -5.89. The van der Waals surface area contributed by atoms with E-state index in [0.717, 1.165) is 6.92 Å². The van der Waals surface area contributed by atoms with Gasteiger partial charge in [-0.3, -0.25) is 9.09 Å². The number of phosphoric acid groups is 3. The maximum Gasteiger partial charge on any atom is 0.490 e. The number of nitrogens with zero attached hydrogens (tertiary/aromatic N) is 2. The smallest absolute Gasteiger partial charge is 0.384 e. The molecule has 1 aromatic rings. The highest BCUT2D eigenvalue weighted by molar-refractivity contribution is 7.71. The minimum Gasteiger partial charge on any atom is -0.384 e. The molecule has 16 nitrogen and oxygen atoms in total. The molecule has 2 rings (SSSR count). The van der Waals surface area contributed by atoms with E-state index in [9.17, 15) is 33.2 Å². The summed E-state index contributed by atoms with van der Waals surface area (Å²) in [4.78, 5) is 38.8. The molecule has 184 valence electrons. The number of hydrogen-bond acceptors (Lipinski definition) is 12. The summed E-state index contributed by atoms with van der Waals surface area (Å²) in [6.07, 6.45) is -3.97. The molecule has 1 aliphatic heterocycles. The summed E-state index contributed by atoms with van der Waals surface area (Å²) in [6, 6.07) is 0. The molecule has 22 heteroatoms. The largest absolute Gasteiger partial charge is 0.490 e. The maximum atomic E-state index is 15.2. The van der Waals surface area contributed by atoms with Gasteiger partial charge in [0.05, 0.1) is 0 Å². The molecule has 0 saturated carbocycles. The number of aliphatic hydroxyl groups excluding tert-OH is 1. The van der Waals surface area contributed by atoms with Gasteiger partial charge in [0.2, 0.25) is 4.77 Å². The van der Waals surface area contributed by atoms with E-state index >= 15 is 4.39 Å². The molecule has 1 saturated heterocycles. The molecule has 1 fully saturated rings. The third-order valence-corrected chi connectivity index (χ3v) is 7.88. The summed E-state index contributed by atoms with van der Waals surface area (Å²) in [5.41, 5.74) is 2.65. The molecule has 2 heterocycles. The van der Waals surface area contributed by atoms with Crippen LogP contribution < -0.4 is 5.73 Å². The molecule has 6 atom stereocenters. The molecule has 6 unspecified atom stereocenters. The first kappa shape index (κ1) is 27.5. The molecular formula is C10H16F2N3O13P3S. The molecule has 0 aliphatic carbocycles. The highest BCUT2D eigenvalue weighted by Crippen LogP contribution is 2.66. The van der Waals surface area contributed by atoms with Gasteiger partial charge in [-0.1, -0.05) is 0 Å². The number of phosphoric ester groups is 1. The zero-order valence-electron chi connectivity index (χ0n) is 15.5. The highest BCUT2D eigenvalue weighted by Gasteiger charge is 2.63. The van der Waals surface area contributed by atoms with E-state index < -0.39 is 70.3 Å². The molecule has 1 aromatic heterocycles. The Kier molecular flexibility index (Phi) is 7.56. The van der Waals surface area contributed by atoms with Gasteiger partial charge in [-0.15, -0.1) is 0 Å². The van der Waals surface area contributed by atoms with E-state index in [4.69, 9.17) is 37.4 Å². The van der Waals surface area contributed by atoms with E-state index in [1.807, 2.05) is 0 Å². The quantitative estimate of drug-likeness (QED) is 0.166. The normalized spacial score (nSPS) is 32.4. The third kappa shape index (κ3) is 6.22. The summed E-state index contributed by atoms with van der Waals surface area (Å²) < 4.78 is 78.4. The van der Waals surface area contributed by atoms with Crippen LogP contribution in [0.3, 0.4) is 0 Å². The second kappa shape index (κ2) is 8.79. The van der Waals surface area contributed by atoms with Gasteiger partial charge in [-0.25, -0.2) is 22.5 Å². The van der Waals surface area contributed by atoms with Crippen molar-refractivity contribution in [2.45, 2.75) is 30.7 Å². The zero-order valence-corrected chi connectivity index (χ0v) is 19.0. The Bertz CT molecular complexity index is 1100. The Labute approximate surface area is 181 Å². The number of anilines is 1. The Morgan fingerprint density at radius 3 is 2.38 bits per heavy atom. The van der Waals surface area contributed by atoms with Crippen LogP contribution in [-0.4, -0.2) is 63.5 Å². The van der Waals surface area contributed by atoms with Crippen molar-refractivity contribution >= 4 is 41.5 Å². The number of nitrogens with two attached hydrogens (primary N) is 1. The third-order valence-electron chi connectivity index (χ3n) is 3.80. The van der Waals surface area contributed by atoms with E-state index in [1.54, 1.807) is 0 Å². The van der Waals surface area contributed by atoms with Crippen molar-refractivity contribution in [3.63, 3.8) is 0 Å². The number of aliphatic hydroxyl groups is 2. The van der Waals surface area contributed by atoms with Crippen LogP contribution in [0.15, 0.2) is 6.20 Å². The van der Waals surface area contributed by atoms with Crippen molar-refractivity contribution in [2.24, 2.45) is 0 Å². The van der Waals surface area contributed by atoms with Crippen molar-refractivity contribution in [2.75, 3.05) is 12.3 Å². The number of hydrogen-bond donors (Lipinski definition) is 7. The number of ether oxygens (including phenoxy) is 1. The van der Waals surface area contributed by atoms with Gasteiger partial charge in [0.15, 0.2) is 17.9 Å². The summed E-state index contributed by atoms with van der Waals surface area (Å²) in [5.74, 6) is -5.33. The molecule has 0 aromatic carbocycles. The Morgan fingerprint density at radius 1 is 1.28 bits per heavy atom. The van der Waals surface area contributed by atoms with Crippen LogP contribution in [0.5, 0.6) is 0 Å². The van der Waals surface area contributed by atoms with E-state index in [2.05, 4.69) is 18.1 Å². The first-order chi connectivity index (χ1) is 14.2. The Hall–Kier alpha value is -0.750. The summed E-state index contributed by atoms with van der Waals surface area (Å²) in [7, 11) is -17.3. The van der Waals surface area contributed by atoms with Gasteiger partial charge in [0.1, 0.15) is 18.3 Å². The minimum absolute atomic E-state index is 0.515. The average Bonchev–Trinajstić information content (AvgIpc) is 2.74. The molecular weight excluding hydrogens is 533 g/mol. The van der Waals surface area contributed by atoms with Crippen molar-refractivity contribution in [1.29, 1.82) is 0 Å². The van der Waals surface area contributed by atoms with Gasteiger partial charge >= 0.3 is 23.5 Å². The fraction of sp³-hybridized carbons (Fsp3) is 0.600. The molecule has 0 spiro atoms. The lowest BCUT2D eigenvalue weighted by Gasteiger charge is -2.28. The fourth-order valence-corrected chi connectivity index (χ4v) is 5.77. The fourth-order valence-electron chi connectivity index (χ4n) is 2.49. The number of rotatable bonds is 8. The van der Waals surface area contributed by atoms with E-state index in [-0.39, 0.29) is 0 Å². The number of nitrogen functional groups attached to an aromatic ring is 1. The predicted octanol–water partition coefficient (Wildman–Crippen LogP) is -0.0163. The van der Waals surface area contributed by atoms with Gasteiger partial charge in [-0.05, 0) is 19.1 Å². The maximum absolute atomic E-state index is 15.2. The van der Waals surface area contributed by atoms with Crippen LogP contribution in [-0.2, 0) is 31.6 Å². The first-order valence-electron chi connectivity index (χ1n) is 7.79. The predicted molar refractivity (Wildman–Crippen MR) is 97.8 cm³/mol. The summed E-state index contributed by atoms with van der Waals surface area (Å²) in [5, 5.41) is 20.6. The standard InChI is InChI=1S/C10H16F2N3O13P3S/c1-9(17)6(16)10(12,26-7(9)15-2-4(11)5(13)14-8(15)32)3-25-30(21,22)28-31(23,24)27-29(18,19)20/h2,6-7,16-17H,3H2,1H3,(H,21,22)(H,23,24)(H2,13,14,32)(H2,18,19,20). The lowest BCUT2D eigenvalue weighted by Crippen LogP contribution is -2.49. The van der Waals surface area contributed by atoms with Crippen molar-refractivity contribution < 1.29 is 70.1 Å². The SMILES string of the molecule is CC1(O)C(n2cc(F)c(N)nc2=S)OC(F)(COP(=O)(O)OP(=O)(O)OP(=O)(O)O)C1O. The number of aromatic nitrogens is 2. The second-order valence-electron chi connectivity index (χ2n) is 6.41. The summed E-state index contributed by atoms with van der Waals surface area (Å²) in [6.45, 7) is -0.937. The van der Waals surface area contributed by atoms with Gasteiger partial charge in [-0.2, -0.15) is 13.6 Å². The van der Waals surface area contributed by atoms with Gasteiger partial charge in [0.25, 0.3) is 5.85 Å². The van der Waals surface area contributed by atoms with Gasteiger partial charge < -0.3 is 40.3 Å². The van der Waals surface area contributed by atoms with Crippen LogP contribution >= 0.6 is 35.7 Å². The van der Waals surface area contributed by atoms with Crippen LogP contribution in [0.2, 0.25) is 0 Å². The molecule has 8 N–H and O–H groups in total. The average molecular weight is 549 g/mol. The van der Waals surface area contributed by atoms with E-state index in [1.165, 1.54) is 0 Å². The van der Waals surface area contributed by atoms with Crippen LogP contribution in [0.1, 0.15) is 13.2 Å². The van der Waals surface area contributed by atoms with Crippen LogP contribution in [0, 0.1) is 10.6 Å². The Morgan fingerprint density at radius 2 is 1.84 bits per heavy atom. The van der Waals surface area contributed by atoms with Crippen molar-refractivity contribution in [1.82, 2.24) is 9.55 Å². The van der Waals surface area contributed by atoms with Crippen LogP contribution in [0.25, 0.3) is 0 Å². The highest BCUT2D eigenvalue weighted by atomic mass is 32.1. The van der Waals surface area contributed by atoms with Crippen LogP contribution in [0.4, 0.5) is 14.6 Å². The van der Waals surface area contributed by atoms with Crippen molar-refractivity contribution in [3.05, 3.63) is 16.8 Å². The van der Waals surface area contributed by atoms with E-state index in [0.29, 0.717) is 10.8 Å². The lowest BCUT2D eigenvalue weighted by atomic mass is 9.95. The first-order valence-corrected chi connectivity index (χ1v) is 12.7. The monoisotopic (exact) mass is 549 g/mol. The molecule has 32 heavy (non-hydrogen) atoms. The number of halogens is 2.